The summed E-state index contributed by atoms with van der Waals surface area (Å²) < 4.78 is 0. The first kappa shape index (κ1) is 11.9. The number of imidazole rings is 1. The Hall–Kier alpha value is -2.61. The molecule has 18 heavy (non-hydrogen) atoms. The Morgan fingerprint density at radius 2 is 2.11 bits per heavy atom. The van der Waals surface area contributed by atoms with Crippen LogP contribution in [-0.2, 0) is 17.6 Å². The third kappa shape index (κ3) is 2.95. The molecule has 0 atom stereocenters. The minimum Gasteiger partial charge on any atom is -0.481 e. The largest absolute Gasteiger partial charge is 0.481 e. The molecule has 5 nitrogen and oxygen atoms in total. The smallest absolute Gasteiger partial charge is 0.311 e. The molecule has 0 aliphatic heterocycles. The fourth-order valence-electron chi connectivity index (χ4n) is 1.65. The second-order valence-corrected chi connectivity index (χ2v) is 3.91. The quantitative estimate of drug-likeness (QED) is 0.848. The van der Waals surface area contributed by atoms with Crippen LogP contribution in [0.25, 0.3) is 0 Å². The van der Waals surface area contributed by atoms with Crippen molar-refractivity contribution < 1.29 is 9.90 Å². The molecule has 0 saturated carbocycles. The normalized spacial score (nSPS) is 9.94. The predicted octanol–water partition coefficient (Wildman–Crippen LogP) is 1.50. The van der Waals surface area contributed by atoms with Gasteiger partial charge in [-0.25, -0.2) is 4.98 Å². The fraction of sp³-hybridized carbons (Fsp3) is 0.154. The van der Waals surface area contributed by atoms with Crippen molar-refractivity contribution in [3.8, 4) is 6.07 Å². The van der Waals surface area contributed by atoms with E-state index < -0.39 is 5.97 Å². The van der Waals surface area contributed by atoms with E-state index in [-0.39, 0.29) is 6.42 Å². The van der Waals surface area contributed by atoms with Gasteiger partial charge in [-0.05, 0) is 17.7 Å². The number of rotatable bonds is 4. The molecule has 0 spiro atoms. The Morgan fingerprint density at radius 3 is 2.72 bits per heavy atom. The molecule has 2 aromatic rings. The first-order valence-electron chi connectivity index (χ1n) is 5.41. The van der Waals surface area contributed by atoms with Gasteiger partial charge in [0.1, 0.15) is 12.2 Å². The molecule has 1 heterocycles. The SMILES string of the molecule is N#Cc1ccc(Cc2cnc(CC(=O)O)[nH]2)cc1. The number of carbonyl (C=O) groups is 1. The first-order valence-corrected chi connectivity index (χ1v) is 5.41. The Bertz CT molecular complexity index is 593. The van der Waals surface area contributed by atoms with E-state index in [1.807, 2.05) is 12.1 Å². The minimum atomic E-state index is -0.908. The van der Waals surface area contributed by atoms with Crippen molar-refractivity contribution >= 4 is 5.97 Å². The van der Waals surface area contributed by atoms with Gasteiger partial charge in [0.25, 0.3) is 0 Å². The fourth-order valence-corrected chi connectivity index (χ4v) is 1.65. The maximum atomic E-state index is 10.5. The monoisotopic (exact) mass is 241 g/mol. The van der Waals surface area contributed by atoms with Gasteiger partial charge in [0.05, 0.1) is 11.6 Å². The van der Waals surface area contributed by atoms with Gasteiger partial charge in [-0.2, -0.15) is 5.26 Å². The van der Waals surface area contributed by atoms with Crippen molar-refractivity contribution in [2.24, 2.45) is 0 Å². The van der Waals surface area contributed by atoms with E-state index in [0.29, 0.717) is 17.8 Å². The van der Waals surface area contributed by atoms with E-state index in [1.54, 1.807) is 18.3 Å². The molecule has 1 aromatic carbocycles. The lowest BCUT2D eigenvalue weighted by Gasteiger charge is -1.98. The van der Waals surface area contributed by atoms with Gasteiger partial charge in [0.2, 0.25) is 0 Å². The molecule has 0 saturated heterocycles. The van der Waals surface area contributed by atoms with Crippen LogP contribution >= 0.6 is 0 Å². The number of benzene rings is 1. The molecule has 2 N–H and O–H groups in total. The predicted molar refractivity (Wildman–Crippen MR) is 63.9 cm³/mol. The first-order chi connectivity index (χ1) is 8.67. The van der Waals surface area contributed by atoms with Crippen LogP contribution in [0, 0.1) is 11.3 Å². The van der Waals surface area contributed by atoms with Gasteiger partial charge in [0.15, 0.2) is 0 Å². The number of carboxylic acids is 1. The highest BCUT2D eigenvalue weighted by Crippen LogP contribution is 2.09. The van der Waals surface area contributed by atoms with Crippen LogP contribution in [0.15, 0.2) is 30.5 Å². The number of carboxylic acid groups (broad SMARTS) is 1. The molecule has 0 unspecified atom stereocenters. The molecule has 0 radical (unpaired) electrons. The molecular formula is C13H11N3O2. The van der Waals surface area contributed by atoms with Gasteiger partial charge < -0.3 is 10.1 Å². The molecule has 90 valence electrons. The van der Waals surface area contributed by atoms with Crippen LogP contribution in [0.2, 0.25) is 0 Å². The van der Waals surface area contributed by atoms with Crippen molar-refractivity contribution in [1.82, 2.24) is 9.97 Å². The Morgan fingerprint density at radius 1 is 1.39 bits per heavy atom. The van der Waals surface area contributed by atoms with Crippen LogP contribution in [0.5, 0.6) is 0 Å². The summed E-state index contributed by atoms with van der Waals surface area (Å²) in [7, 11) is 0. The lowest BCUT2D eigenvalue weighted by Crippen LogP contribution is -2.01. The third-order valence-corrected chi connectivity index (χ3v) is 2.48. The lowest BCUT2D eigenvalue weighted by atomic mass is 10.1. The van der Waals surface area contributed by atoms with Crippen LogP contribution in [0.4, 0.5) is 0 Å². The summed E-state index contributed by atoms with van der Waals surface area (Å²) in [5.74, 6) is -0.458. The van der Waals surface area contributed by atoms with E-state index in [2.05, 4.69) is 16.0 Å². The van der Waals surface area contributed by atoms with Crippen LogP contribution < -0.4 is 0 Å². The number of H-pyrrole nitrogens is 1. The molecule has 0 aliphatic carbocycles. The third-order valence-electron chi connectivity index (χ3n) is 2.48. The highest BCUT2D eigenvalue weighted by Gasteiger charge is 2.05. The van der Waals surface area contributed by atoms with E-state index in [4.69, 9.17) is 10.4 Å². The summed E-state index contributed by atoms with van der Waals surface area (Å²) in [4.78, 5) is 17.5. The summed E-state index contributed by atoms with van der Waals surface area (Å²) in [6, 6.07) is 9.31. The second kappa shape index (κ2) is 5.15. The molecule has 0 amide bonds. The summed E-state index contributed by atoms with van der Waals surface area (Å²) >= 11 is 0. The van der Waals surface area contributed by atoms with Gasteiger partial charge >= 0.3 is 5.97 Å². The van der Waals surface area contributed by atoms with Crippen molar-refractivity contribution in [2.75, 3.05) is 0 Å². The summed E-state index contributed by atoms with van der Waals surface area (Å²) in [6.45, 7) is 0. The van der Waals surface area contributed by atoms with Crippen molar-refractivity contribution in [3.63, 3.8) is 0 Å². The van der Waals surface area contributed by atoms with E-state index in [0.717, 1.165) is 11.3 Å². The molecule has 0 fully saturated rings. The topological polar surface area (TPSA) is 89.8 Å². The van der Waals surface area contributed by atoms with Gasteiger partial charge in [-0.15, -0.1) is 0 Å². The van der Waals surface area contributed by atoms with Gasteiger partial charge in [0, 0.05) is 18.3 Å². The highest BCUT2D eigenvalue weighted by molar-refractivity contribution is 5.68. The zero-order valence-corrected chi connectivity index (χ0v) is 9.55. The van der Waals surface area contributed by atoms with E-state index >= 15 is 0 Å². The summed E-state index contributed by atoms with van der Waals surface area (Å²) in [6.07, 6.45) is 2.17. The van der Waals surface area contributed by atoms with E-state index in [9.17, 15) is 4.79 Å². The van der Waals surface area contributed by atoms with Crippen molar-refractivity contribution in [2.45, 2.75) is 12.8 Å². The molecule has 5 heteroatoms. The maximum absolute atomic E-state index is 10.5. The number of aromatic amines is 1. The van der Waals surface area contributed by atoms with Crippen LogP contribution in [0.3, 0.4) is 0 Å². The molecule has 0 aliphatic rings. The summed E-state index contributed by atoms with van der Waals surface area (Å²) in [5.41, 5.74) is 2.52. The number of hydrogen-bond donors (Lipinski definition) is 2. The number of hydrogen-bond acceptors (Lipinski definition) is 3. The Balaban J connectivity index is 2.06. The molecule has 2 rings (SSSR count). The van der Waals surface area contributed by atoms with Gasteiger partial charge in [-0.3, -0.25) is 4.79 Å². The van der Waals surface area contributed by atoms with Gasteiger partial charge in [-0.1, -0.05) is 12.1 Å². The molecule has 1 aromatic heterocycles. The van der Waals surface area contributed by atoms with Crippen LogP contribution in [-0.4, -0.2) is 21.0 Å². The standard InChI is InChI=1S/C13H11N3O2/c14-7-10-3-1-9(2-4-10)5-11-8-15-12(16-11)6-13(17)18/h1-4,8H,5-6H2,(H,15,16)(H,17,18). The Labute approximate surface area is 104 Å². The van der Waals surface area contributed by atoms with Crippen LogP contribution in [0.1, 0.15) is 22.6 Å². The van der Waals surface area contributed by atoms with Crippen molar-refractivity contribution in [3.05, 3.63) is 53.1 Å². The minimum absolute atomic E-state index is 0.104. The second-order valence-electron chi connectivity index (χ2n) is 3.91. The highest BCUT2D eigenvalue weighted by atomic mass is 16.4. The Kier molecular flexibility index (Phi) is 3.39. The average Bonchev–Trinajstić information content (AvgIpc) is 2.76. The number of aromatic nitrogens is 2. The summed E-state index contributed by atoms with van der Waals surface area (Å²) in [5, 5.41) is 17.3. The zero-order chi connectivity index (χ0) is 13.0. The zero-order valence-electron chi connectivity index (χ0n) is 9.55. The number of nitrogens with one attached hydrogen (secondary N) is 1. The number of nitrogens with zero attached hydrogens (tertiary/aromatic N) is 2. The number of aliphatic carboxylic acids is 1. The molecule has 0 bridgehead atoms. The average molecular weight is 241 g/mol. The molecular weight excluding hydrogens is 230 g/mol. The lowest BCUT2D eigenvalue weighted by molar-refractivity contribution is -0.136. The van der Waals surface area contributed by atoms with E-state index in [1.165, 1.54) is 0 Å². The maximum Gasteiger partial charge on any atom is 0.311 e. The van der Waals surface area contributed by atoms with Crippen molar-refractivity contribution in [1.29, 1.82) is 5.26 Å². The number of nitriles is 1.